The van der Waals surface area contributed by atoms with Crippen molar-refractivity contribution in [3.05, 3.63) is 51.5 Å². The lowest BCUT2D eigenvalue weighted by Crippen LogP contribution is -2.17. The molecule has 1 heterocycles. The van der Waals surface area contributed by atoms with E-state index in [0.717, 1.165) is 0 Å². The van der Waals surface area contributed by atoms with E-state index in [0.29, 0.717) is 27.1 Å². The average molecular weight is 373 g/mol. The van der Waals surface area contributed by atoms with E-state index in [1.165, 1.54) is 12.1 Å². The van der Waals surface area contributed by atoms with Crippen LogP contribution in [-0.4, -0.2) is 13.4 Å². The molecule has 7 heteroatoms. The Labute approximate surface area is 131 Å². The Balaban J connectivity index is 2.48. The van der Waals surface area contributed by atoms with Gasteiger partial charge < -0.3 is 0 Å². The normalized spacial score (nSPS) is 11.5. The van der Waals surface area contributed by atoms with Crippen LogP contribution in [0.1, 0.15) is 16.8 Å². The highest BCUT2D eigenvalue weighted by molar-refractivity contribution is 9.10. The van der Waals surface area contributed by atoms with Gasteiger partial charge in [-0.15, -0.1) is 0 Å². The van der Waals surface area contributed by atoms with Crippen LogP contribution in [0.4, 0.5) is 10.1 Å². The van der Waals surface area contributed by atoms with Crippen molar-refractivity contribution in [2.75, 3.05) is 4.72 Å². The minimum atomic E-state index is -3.80. The molecule has 0 saturated heterocycles. The number of aromatic nitrogens is 1. The lowest BCUT2D eigenvalue weighted by atomic mass is 10.1. The highest BCUT2D eigenvalue weighted by Gasteiger charge is 2.21. The van der Waals surface area contributed by atoms with Crippen molar-refractivity contribution in [3.63, 3.8) is 0 Å². The van der Waals surface area contributed by atoms with Crippen molar-refractivity contribution in [2.24, 2.45) is 0 Å². The average Bonchev–Trinajstić information content (AvgIpc) is 2.30. The SMILES string of the molecule is Cc1cc(F)cc(C)c1S(=O)(=O)Nc1ccc(Br)nc1C. The zero-order chi connectivity index (χ0) is 15.8. The number of nitrogens with one attached hydrogen (secondary N) is 1. The Morgan fingerprint density at radius 1 is 1.14 bits per heavy atom. The quantitative estimate of drug-likeness (QED) is 0.835. The van der Waals surface area contributed by atoms with E-state index in [1.807, 2.05) is 0 Å². The summed E-state index contributed by atoms with van der Waals surface area (Å²) < 4.78 is 41.5. The Bertz CT molecular complexity index is 784. The van der Waals surface area contributed by atoms with Crippen LogP contribution >= 0.6 is 15.9 Å². The first-order valence-corrected chi connectivity index (χ1v) is 8.41. The van der Waals surface area contributed by atoms with Crippen LogP contribution in [-0.2, 0) is 10.0 Å². The van der Waals surface area contributed by atoms with E-state index in [9.17, 15) is 12.8 Å². The number of hydrogen-bond donors (Lipinski definition) is 1. The van der Waals surface area contributed by atoms with Crippen LogP contribution < -0.4 is 4.72 Å². The summed E-state index contributed by atoms with van der Waals surface area (Å²) in [6, 6.07) is 5.68. The maximum absolute atomic E-state index is 13.3. The second-order valence-corrected chi connectivity index (χ2v) is 7.17. The molecule has 0 aliphatic rings. The van der Waals surface area contributed by atoms with Crippen LogP contribution in [0, 0.1) is 26.6 Å². The predicted molar refractivity (Wildman–Crippen MR) is 83.4 cm³/mol. The second-order valence-electron chi connectivity index (χ2n) is 4.74. The molecule has 112 valence electrons. The minimum absolute atomic E-state index is 0.0891. The van der Waals surface area contributed by atoms with E-state index in [4.69, 9.17) is 0 Å². The number of anilines is 1. The number of halogens is 2. The van der Waals surface area contributed by atoms with Crippen LogP contribution in [0.3, 0.4) is 0 Å². The number of pyridine rings is 1. The smallest absolute Gasteiger partial charge is 0.262 e. The summed E-state index contributed by atoms with van der Waals surface area (Å²) in [6.45, 7) is 4.83. The fourth-order valence-corrected chi connectivity index (χ4v) is 4.13. The Morgan fingerprint density at radius 2 is 1.71 bits per heavy atom. The number of rotatable bonds is 3. The van der Waals surface area contributed by atoms with E-state index >= 15 is 0 Å². The molecule has 4 nitrogen and oxygen atoms in total. The highest BCUT2D eigenvalue weighted by Crippen LogP contribution is 2.25. The maximum atomic E-state index is 13.3. The zero-order valence-electron chi connectivity index (χ0n) is 11.7. The largest absolute Gasteiger partial charge is 0.278 e. The molecular formula is C14H14BrFN2O2S. The van der Waals surface area contributed by atoms with Gasteiger partial charge in [0.1, 0.15) is 10.4 Å². The summed E-state index contributed by atoms with van der Waals surface area (Å²) >= 11 is 3.22. The molecular weight excluding hydrogens is 359 g/mol. The Kier molecular flexibility index (Phi) is 4.34. The Hall–Kier alpha value is -1.47. The number of benzene rings is 1. The fraction of sp³-hybridized carbons (Fsp3) is 0.214. The first kappa shape index (κ1) is 15.9. The molecule has 0 atom stereocenters. The number of aryl methyl sites for hydroxylation is 3. The molecule has 0 saturated carbocycles. The van der Waals surface area contributed by atoms with Gasteiger partial charge in [-0.05, 0) is 72.1 Å². The van der Waals surface area contributed by atoms with Crippen LogP contribution in [0.2, 0.25) is 0 Å². The van der Waals surface area contributed by atoms with Crippen molar-refractivity contribution in [1.29, 1.82) is 0 Å². The molecule has 0 bridgehead atoms. The molecule has 0 radical (unpaired) electrons. The molecule has 0 unspecified atom stereocenters. The molecule has 2 aromatic rings. The number of nitrogens with zero attached hydrogens (tertiary/aromatic N) is 1. The van der Waals surface area contributed by atoms with E-state index in [2.05, 4.69) is 25.6 Å². The first-order valence-electron chi connectivity index (χ1n) is 6.13. The number of hydrogen-bond acceptors (Lipinski definition) is 3. The number of sulfonamides is 1. The van der Waals surface area contributed by atoms with Gasteiger partial charge in [0.2, 0.25) is 0 Å². The molecule has 1 N–H and O–H groups in total. The van der Waals surface area contributed by atoms with Gasteiger partial charge in [0.05, 0.1) is 16.3 Å². The molecule has 0 aliphatic heterocycles. The highest BCUT2D eigenvalue weighted by atomic mass is 79.9. The summed E-state index contributed by atoms with van der Waals surface area (Å²) in [5.41, 5.74) is 1.66. The topological polar surface area (TPSA) is 59.1 Å². The van der Waals surface area contributed by atoms with E-state index in [1.54, 1.807) is 32.9 Å². The van der Waals surface area contributed by atoms with Crippen molar-refractivity contribution >= 4 is 31.6 Å². The van der Waals surface area contributed by atoms with Crippen molar-refractivity contribution in [1.82, 2.24) is 4.98 Å². The van der Waals surface area contributed by atoms with Gasteiger partial charge in [-0.3, -0.25) is 4.72 Å². The van der Waals surface area contributed by atoms with Crippen LogP contribution in [0.15, 0.2) is 33.8 Å². The first-order chi connectivity index (χ1) is 9.70. The molecule has 0 spiro atoms. The molecule has 0 aliphatic carbocycles. The van der Waals surface area contributed by atoms with Crippen LogP contribution in [0.5, 0.6) is 0 Å². The summed E-state index contributed by atoms with van der Waals surface area (Å²) in [5, 5.41) is 0. The summed E-state index contributed by atoms with van der Waals surface area (Å²) in [5.74, 6) is -0.453. The molecule has 2 rings (SSSR count). The van der Waals surface area contributed by atoms with Gasteiger partial charge in [0.25, 0.3) is 10.0 Å². The molecule has 21 heavy (non-hydrogen) atoms. The van der Waals surface area contributed by atoms with Gasteiger partial charge >= 0.3 is 0 Å². The van der Waals surface area contributed by atoms with E-state index < -0.39 is 15.8 Å². The standard InChI is InChI=1S/C14H14BrFN2O2S/c1-8-6-11(16)7-9(2)14(8)21(19,20)18-12-4-5-13(15)17-10(12)3/h4-7,18H,1-3H3. The molecule has 0 amide bonds. The van der Waals surface area contributed by atoms with Crippen molar-refractivity contribution < 1.29 is 12.8 Å². The molecule has 0 fully saturated rings. The summed E-state index contributed by atoms with van der Waals surface area (Å²) in [6.07, 6.45) is 0. The van der Waals surface area contributed by atoms with Crippen molar-refractivity contribution in [2.45, 2.75) is 25.7 Å². The second kappa shape index (κ2) is 5.73. The lowest BCUT2D eigenvalue weighted by molar-refractivity contribution is 0.597. The minimum Gasteiger partial charge on any atom is -0.278 e. The van der Waals surface area contributed by atoms with Crippen LogP contribution in [0.25, 0.3) is 0 Å². The van der Waals surface area contributed by atoms with Crippen molar-refractivity contribution in [3.8, 4) is 0 Å². The monoisotopic (exact) mass is 372 g/mol. The van der Waals surface area contributed by atoms with Gasteiger partial charge in [0, 0.05) is 0 Å². The third kappa shape index (κ3) is 3.41. The van der Waals surface area contributed by atoms with E-state index in [-0.39, 0.29) is 4.90 Å². The third-order valence-electron chi connectivity index (χ3n) is 2.99. The Morgan fingerprint density at radius 3 is 2.24 bits per heavy atom. The fourth-order valence-electron chi connectivity index (χ4n) is 2.16. The van der Waals surface area contributed by atoms with Gasteiger partial charge in [-0.25, -0.2) is 17.8 Å². The van der Waals surface area contributed by atoms with Gasteiger partial charge in [-0.1, -0.05) is 0 Å². The maximum Gasteiger partial charge on any atom is 0.262 e. The summed E-state index contributed by atoms with van der Waals surface area (Å²) in [4.78, 5) is 4.23. The summed E-state index contributed by atoms with van der Waals surface area (Å²) in [7, 11) is -3.80. The van der Waals surface area contributed by atoms with Gasteiger partial charge in [-0.2, -0.15) is 0 Å². The van der Waals surface area contributed by atoms with Gasteiger partial charge in [0.15, 0.2) is 0 Å². The lowest BCUT2D eigenvalue weighted by Gasteiger charge is -2.14. The molecule has 1 aromatic heterocycles. The third-order valence-corrected chi connectivity index (χ3v) is 5.10. The zero-order valence-corrected chi connectivity index (χ0v) is 14.1. The predicted octanol–water partition coefficient (Wildman–Crippen LogP) is 3.71. The molecule has 1 aromatic carbocycles.